The maximum atomic E-state index is 12.6. The minimum absolute atomic E-state index is 0.113. The molecular weight excluding hydrogens is 310 g/mol. The molecule has 0 unspecified atom stereocenters. The first kappa shape index (κ1) is 17.0. The summed E-state index contributed by atoms with van der Waals surface area (Å²) in [5.41, 5.74) is 2.99. The lowest BCUT2D eigenvalue weighted by Gasteiger charge is -2.19. The van der Waals surface area contributed by atoms with Gasteiger partial charge < -0.3 is 9.47 Å². The molecule has 0 radical (unpaired) electrons. The quantitative estimate of drug-likeness (QED) is 0.682. The Morgan fingerprint density at radius 2 is 1.68 bits per heavy atom. The van der Waals surface area contributed by atoms with Crippen molar-refractivity contribution < 1.29 is 4.79 Å². The summed E-state index contributed by atoms with van der Waals surface area (Å²) < 4.78 is 2.00. The number of aromatic nitrogens is 2. The van der Waals surface area contributed by atoms with E-state index in [9.17, 15) is 4.79 Å². The van der Waals surface area contributed by atoms with Crippen LogP contribution in [0.3, 0.4) is 0 Å². The van der Waals surface area contributed by atoms with Crippen molar-refractivity contribution >= 4 is 29.1 Å². The zero-order valence-electron chi connectivity index (χ0n) is 14.7. The summed E-state index contributed by atoms with van der Waals surface area (Å²) in [7, 11) is 0. The maximum absolute atomic E-state index is 12.6. The van der Waals surface area contributed by atoms with E-state index in [0.717, 1.165) is 35.5 Å². The van der Waals surface area contributed by atoms with Gasteiger partial charge in [-0.25, -0.2) is 4.98 Å². The van der Waals surface area contributed by atoms with Gasteiger partial charge in [0.25, 0.3) is 0 Å². The Morgan fingerprint density at radius 3 is 2.40 bits per heavy atom. The Labute approximate surface area is 148 Å². The van der Waals surface area contributed by atoms with Crippen molar-refractivity contribution in [1.29, 1.82) is 0 Å². The van der Waals surface area contributed by atoms with Crippen molar-refractivity contribution in [2.45, 2.75) is 20.4 Å². The number of fused-ring (bicyclic) bond motifs is 1. The molecule has 128 valence electrons. The van der Waals surface area contributed by atoms with Crippen molar-refractivity contribution in [2.24, 2.45) is 0 Å². The van der Waals surface area contributed by atoms with Gasteiger partial charge in [0, 0.05) is 13.1 Å². The van der Waals surface area contributed by atoms with Crippen molar-refractivity contribution in [1.82, 2.24) is 14.5 Å². The normalized spacial score (nSPS) is 11.3. The topological polar surface area (TPSA) is 38.1 Å². The summed E-state index contributed by atoms with van der Waals surface area (Å²) in [6.45, 7) is 5.75. The second-order valence-electron chi connectivity index (χ2n) is 5.85. The molecule has 25 heavy (non-hydrogen) atoms. The average Bonchev–Trinajstić information content (AvgIpc) is 2.99. The number of carbonyl (C=O) groups excluding carboxylic acids is 1. The van der Waals surface area contributed by atoms with E-state index in [0.29, 0.717) is 6.54 Å². The fourth-order valence-electron chi connectivity index (χ4n) is 2.93. The molecule has 2 aromatic carbocycles. The van der Waals surface area contributed by atoms with Crippen LogP contribution in [-0.4, -0.2) is 33.4 Å². The Morgan fingerprint density at radius 1 is 1.00 bits per heavy atom. The van der Waals surface area contributed by atoms with Gasteiger partial charge in [0.2, 0.25) is 5.91 Å². The maximum Gasteiger partial charge on any atom is 0.242 e. The Balaban J connectivity index is 1.97. The van der Waals surface area contributed by atoms with E-state index >= 15 is 0 Å². The smallest absolute Gasteiger partial charge is 0.242 e. The van der Waals surface area contributed by atoms with Gasteiger partial charge in [-0.3, -0.25) is 4.79 Å². The van der Waals surface area contributed by atoms with Gasteiger partial charge in [-0.05, 0) is 37.6 Å². The largest absolute Gasteiger partial charge is 0.342 e. The van der Waals surface area contributed by atoms with E-state index in [1.165, 1.54) is 0 Å². The number of nitrogens with zero attached hydrogens (tertiary/aromatic N) is 3. The zero-order valence-corrected chi connectivity index (χ0v) is 14.7. The molecule has 1 amide bonds. The molecule has 0 saturated carbocycles. The molecular formula is C21H23N3O. The summed E-state index contributed by atoms with van der Waals surface area (Å²) in [4.78, 5) is 19.1. The molecule has 1 aromatic heterocycles. The second kappa shape index (κ2) is 7.79. The van der Waals surface area contributed by atoms with E-state index < -0.39 is 0 Å². The van der Waals surface area contributed by atoms with Gasteiger partial charge in [-0.2, -0.15) is 0 Å². The fourth-order valence-corrected chi connectivity index (χ4v) is 2.93. The van der Waals surface area contributed by atoms with Crippen LogP contribution in [0.25, 0.3) is 23.2 Å². The van der Waals surface area contributed by atoms with Crippen LogP contribution in [-0.2, 0) is 11.3 Å². The third kappa shape index (κ3) is 3.79. The van der Waals surface area contributed by atoms with Gasteiger partial charge in [0.1, 0.15) is 12.4 Å². The summed E-state index contributed by atoms with van der Waals surface area (Å²) in [5.74, 6) is 0.910. The Hall–Kier alpha value is -2.88. The van der Waals surface area contributed by atoms with Crippen molar-refractivity contribution in [3.63, 3.8) is 0 Å². The number of para-hydroxylation sites is 2. The number of benzene rings is 2. The summed E-state index contributed by atoms with van der Waals surface area (Å²) in [5, 5.41) is 0. The monoisotopic (exact) mass is 333 g/mol. The minimum atomic E-state index is 0.113. The van der Waals surface area contributed by atoms with Crippen molar-refractivity contribution in [3.8, 4) is 0 Å². The molecule has 0 N–H and O–H groups in total. The Bertz CT molecular complexity index is 877. The van der Waals surface area contributed by atoms with E-state index in [2.05, 4.69) is 0 Å². The molecule has 3 aromatic rings. The number of hydrogen-bond acceptors (Lipinski definition) is 2. The fraction of sp³-hybridized carbons (Fsp3) is 0.238. The Kier molecular flexibility index (Phi) is 5.29. The van der Waals surface area contributed by atoms with E-state index in [-0.39, 0.29) is 5.91 Å². The van der Waals surface area contributed by atoms with Crippen LogP contribution in [0.5, 0.6) is 0 Å². The highest BCUT2D eigenvalue weighted by Gasteiger charge is 2.15. The van der Waals surface area contributed by atoms with Crippen LogP contribution in [0.15, 0.2) is 54.6 Å². The van der Waals surface area contributed by atoms with Gasteiger partial charge in [-0.1, -0.05) is 48.5 Å². The molecule has 0 aliphatic carbocycles. The van der Waals surface area contributed by atoms with Crippen LogP contribution >= 0.6 is 0 Å². The van der Waals surface area contributed by atoms with Crippen LogP contribution < -0.4 is 0 Å². The third-order valence-corrected chi connectivity index (χ3v) is 4.32. The molecule has 0 spiro atoms. The average molecular weight is 333 g/mol. The van der Waals surface area contributed by atoms with Crippen LogP contribution in [0.2, 0.25) is 0 Å². The number of imidazole rings is 1. The molecule has 0 fully saturated rings. The van der Waals surface area contributed by atoms with Crippen LogP contribution in [0.1, 0.15) is 25.2 Å². The van der Waals surface area contributed by atoms with Crippen LogP contribution in [0.4, 0.5) is 0 Å². The van der Waals surface area contributed by atoms with Gasteiger partial charge in [0.15, 0.2) is 0 Å². The first-order chi connectivity index (χ1) is 12.2. The molecule has 4 nitrogen and oxygen atoms in total. The predicted molar refractivity (Wildman–Crippen MR) is 103 cm³/mol. The zero-order chi connectivity index (χ0) is 17.6. The molecule has 0 atom stereocenters. The lowest BCUT2D eigenvalue weighted by atomic mass is 10.2. The lowest BCUT2D eigenvalue weighted by molar-refractivity contribution is -0.131. The molecule has 3 rings (SSSR count). The molecule has 0 aliphatic rings. The highest BCUT2D eigenvalue weighted by molar-refractivity contribution is 5.83. The highest BCUT2D eigenvalue weighted by atomic mass is 16.2. The molecule has 0 bridgehead atoms. The van der Waals surface area contributed by atoms with E-state index in [4.69, 9.17) is 4.98 Å². The van der Waals surface area contributed by atoms with Crippen molar-refractivity contribution in [2.75, 3.05) is 13.1 Å². The first-order valence-corrected chi connectivity index (χ1v) is 8.69. The van der Waals surface area contributed by atoms with Crippen LogP contribution in [0, 0.1) is 0 Å². The SMILES string of the molecule is CCN(CC)C(=O)Cn1c(/C=C/c2ccccc2)nc2ccccc21. The number of likely N-dealkylation sites (N-methyl/N-ethyl adjacent to an activating group) is 1. The summed E-state index contributed by atoms with van der Waals surface area (Å²) in [6.07, 6.45) is 4.00. The molecule has 0 aliphatic heterocycles. The molecule has 4 heteroatoms. The minimum Gasteiger partial charge on any atom is -0.342 e. The van der Waals surface area contributed by atoms with E-state index in [1.54, 1.807) is 0 Å². The molecule has 0 saturated heterocycles. The second-order valence-corrected chi connectivity index (χ2v) is 5.85. The summed E-state index contributed by atoms with van der Waals surface area (Å²) >= 11 is 0. The van der Waals surface area contributed by atoms with Crippen molar-refractivity contribution in [3.05, 3.63) is 66.0 Å². The highest BCUT2D eigenvalue weighted by Crippen LogP contribution is 2.18. The molecule has 1 heterocycles. The van der Waals surface area contributed by atoms with Gasteiger partial charge in [-0.15, -0.1) is 0 Å². The van der Waals surface area contributed by atoms with Gasteiger partial charge in [0.05, 0.1) is 11.0 Å². The summed E-state index contributed by atoms with van der Waals surface area (Å²) in [6, 6.07) is 18.0. The lowest BCUT2D eigenvalue weighted by Crippen LogP contribution is -2.33. The van der Waals surface area contributed by atoms with Gasteiger partial charge >= 0.3 is 0 Å². The predicted octanol–water partition coefficient (Wildman–Crippen LogP) is 4.08. The number of carbonyl (C=O) groups is 1. The first-order valence-electron chi connectivity index (χ1n) is 8.69. The standard InChI is InChI=1S/C21H23N3O/c1-3-23(4-2)21(25)16-24-19-13-9-8-12-18(19)22-20(24)15-14-17-10-6-5-7-11-17/h5-15H,3-4,16H2,1-2H3/b15-14+. The van der Waals surface area contributed by atoms with E-state index in [1.807, 2.05) is 90.1 Å². The number of amides is 1. The third-order valence-electron chi connectivity index (χ3n) is 4.32. The number of rotatable bonds is 6. The number of hydrogen-bond donors (Lipinski definition) is 0.